The van der Waals surface area contributed by atoms with Gasteiger partial charge in [-0.3, -0.25) is 0 Å². The van der Waals surface area contributed by atoms with Crippen LogP contribution in [0.1, 0.15) is 6.42 Å². The van der Waals surface area contributed by atoms with Crippen LogP contribution in [0.2, 0.25) is 0 Å². The van der Waals surface area contributed by atoms with E-state index < -0.39 is 5.60 Å². The molecule has 0 saturated carbocycles. The number of hydrogen-bond acceptors (Lipinski definition) is 4. The third kappa shape index (κ3) is 0.796. The maximum atomic E-state index is 11.5. The van der Waals surface area contributed by atoms with Crippen molar-refractivity contribution in [1.29, 1.82) is 0 Å². The summed E-state index contributed by atoms with van der Waals surface area (Å²) in [6.45, 7) is 0. The first-order valence-corrected chi connectivity index (χ1v) is 4.37. The average molecular weight is 182 g/mol. The lowest BCUT2D eigenvalue weighted by atomic mass is 9.99. The van der Waals surface area contributed by atoms with Gasteiger partial charge in [0.2, 0.25) is 5.60 Å². The van der Waals surface area contributed by atoms with Gasteiger partial charge in [-0.2, -0.15) is 0 Å². The molecule has 70 valence electrons. The van der Waals surface area contributed by atoms with E-state index in [0.29, 0.717) is 0 Å². The van der Waals surface area contributed by atoms with Gasteiger partial charge in [0.15, 0.2) is 0 Å². The molecule has 0 unspecified atom stereocenters. The highest BCUT2D eigenvalue weighted by Gasteiger charge is 2.75. The largest absolute Gasteiger partial charge is 0.467 e. The molecule has 0 aromatic rings. The van der Waals surface area contributed by atoms with E-state index in [0.717, 1.165) is 6.42 Å². The molecule has 2 aliphatic heterocycles. The van der Waals surface area contributed by atoms with E-state index in [9.17, 15) is 4.79 Å². The molecule has 0 aromatic carbocycles. The molecule has 1 aliphatic carbocycles. The molecule has 0 radical (unpaired) electrons. The van der Waals surface area contributed by atoms with Gasteiger partial charge >= 0.3 is 5.97 Å². The Balaban J connectivity index is 1.90. The van der Waals surface area contributed by atoms with Crippen molar-refractivity contribution in [2.75, 3.05) is 7.11 Å². The first-order chi connectivity index (χ1) is 6.29. The van der Waals surface area contributed by atoms with Crippen LogP contribution >= 0.6 is 0 Å². The quantitative estimate of drug-likeness (QED) is 0.326. The fourth-order valence-corrected chi connectivity index (χ4v) is 2.08. The second-order valence-electron chi connectivity index (χ2n) is 3.58. The highest BCUT2D eigenvalue weighted by molar-refractivity contribution is 5.85. The van der Waals surface area contributed by atoms with Crippen molar-refractivity contribution >= 4 is 5.97 Å². The van der Waals surface area contributed by atoms with E-state index in [-0.39, 0.29) is 24.3 Å². The number of carbonyl (C=O) groups is 1. The lowest BCUT2D eigenvalue weighted by Gasteiger charge is -2.05. The first-order valence-electron chi connectivity index (χ1n) is 4.37. The summed E-state index contributed by atoms with van der Waals surface area (Å²) in [5.74, 6) is -0.298. The number of methoxy groups -OCH3 is 1. The Morgan fingerprint density at radius 2 is 2.54 bits per heavy atom. The fraction of sp³-hybridized carbons (Fsp3) is 0.667. The molecule has 0 N–H and O–H groups in total. The van der Waals surface area contributed by atoms with E-state index in [1.807, 2.05) is 12.2 Å². The molecule has 0 amide bonds. The van der Waals surface area contributed by atoms with Crippen LogP contribution in [0.15, 0.2) is 12.2 Å². The Morgan fingerprint density at radius 1 is 1.69 bits per heavy atom. The molecular weight excluding hydrogens is 172 g/mol. The Hall–Kier alpha value is -0.870. The summed E-state index contributed by atoms with van der Waals surface area (Å²) in [5.41, 5.74) is -0.775. The zero-order chi connectivity index (χ0) is 9.05. The van der Waals surface area contributed by atoms with Gasteiger partial charge in [-0.15, -0.1) is 0 Å². The number of fused-ring (bicyclic) bond motifs is 3. The Kier molecular flexibility index (Phi) is 1.24. The Morgan fingerprint density at radius 3 is 3.31 bits per heavy atom. The minimum atomic E-state index is -0.775. The Labute approximate surface area is 75.5 Å². The third-order valence-corrected chi connectivity index (χ3v) is 2.89. The fourth-order valence-electron chi connectivity index (χ4n) is 2.08. The average Bonchev–Trinajstić information content (AvgIpc) is 2.91. The molecule has 4 atom stereocenters. The molecule has 2 heterocycles. The minimum absolute atomic E-state index is 0.0336. The maximum Gasteiger partial charge on any atom is 0.343 e. The molecule has 0 aromatic heterocycles. The van der Waals surface area contributed by atoms with Crippen LogP contribution in [0.3, 0.4) is 0 Å². The summed E-state index contributed by atoms with van der Waals surface area (Å²) in [6.07, 6.45) is 4.70. The van der Waals surface area contributed by atoms with Crippen molar-refractivity contribution in [3.05, 3.63) is 12.2 Å². The summed E-state index contributed by atoms with van der Waals surface area (Å²) in [7, 11) is 1.38. The highest BCUT2D eigenvalue weighted by Crippen LogP contribution is 2.53. The number of hydrogen-bond donors (Lipinski definition) is 0. The minimum Gasteiger partial charge on any atom is -0.467 e. The molecule has 0 bridgehead atoms. The monoisotopic (exact) mass is 182 g/mol. The smallest absolute Gasteiger partial charge is 0.343 e. The summed E-state index contributed by atoms with van der Waals surface area (Å²) in [6, 6.07) is 0. The van der Waals surface area contributed by atoms with Crippen molar-refractivity contribution in [1.82, 2.24) is 0 Å². The van der Waals surface area contributed by atoms with Crippen LogP contribution in [-0.4, -0.2) is 37.0 Å². The summed E-state index contributed by atoms with van der Waals surface area (Å²) in [4.78, 5) is 11.5. The molecular formula is C9H10O4. The highest BCUT2D eigenvalue weighted by atomic mass is 16.7. The van der Waals surface area contributed by atoms with Crippen molar-refractivity contribution in [3.8, 4) is 0 Å². The summed E-state index contributed by atoms with van der Waals surface area (Å²) in [5, 5.41) is 0. The van der Waals surface area contributed by atoms with Gasteiger partial charge in [0.1, 0.15) is 18.3 Å². The van der Waals surface area contributed by atoms with Gasteiger partial charge in [-0.25, -0.2) is 4.79 Å². The predicted molar refractivity (Wildman–Crippen MR) is 42.0 cm³/mol. The molecule has 0 spiro atoms. The van der Waals surface area contributed by atoms with Crippen LogP contribution in [-0.2, 0) is 19.0 Å². The number of ether oxygens (including phenoxy) is 3. The van der Waals surface area contributed by atoms with Crippen LogP contribution in [0, 0.1) is 0 Å². The van der Waals surface area contributed by atoms with E-state index >= 15 is 0 Å². The molecule has 3 aliphatic rings. The first kappa shape index (κ1) is 7.53. The van der Waals surface area contributed by atoms with E-state index in [1.54, 1.807) is 0 Å². The van der Waals surface area contributed by atoms with Crippen LogP contribution in [0.4, 0.5) is 0 Å². The topological polar surface area (TPSA) is 51.4 Å². The zero-order valence-corrected chi connectivity index (χ0v) is 7.23. The zero-order valence-electron chi connectivity index (χ0n) is 7.23. The molecule has 2 fully saturated rings. The van der Waals surface area contributed by atoms with Gasteiger partial charge in [-0.1, -0.05) is 12.2 Å². The summed E-state index contributed by atoms with van der Waals surface area (Å²) < 4.78 is 15.4. The lowest BCUT2D eigenvalue weighted by molar-refractivity contribution is -0.147. The van der Waals surface area contributed by atoms with Gasteiger partial charge < -0.3 is 14.2 Å². The van der Waals surface area contributed by atoms with Gasteiger partial charge in [0, 0.05) is 0 Å². The van der Waals surface area contributed by atoms with E-state index in [2.05, 4.69) is 0 Å². The van der Waals surface area contributed by atoms with E-state index in [1.165, 1.54) is 7.11 Å². The van der Waals surface area contributed by atoms with Gasteiger partial charge in [0.25, 0.3) is 0 Å². The molecule has 3 rings (SSSR count). The van der Waals surface area contributed by atoms with Crippen molar-refractivity contribution in [3.63, 3.8) is 0 Å². The molecule has 4 heteroatoms. The SMILES string of the molecule is COC(=O)[C@]12O[C@H]1CC=C[C@H]1O[C@H]12. The van der Waals surface area contributed by atoms with Gasteiger partial charge in [0.05, 0.1) is 7.11 Å². The third-order valence-electron chi connectivity index (χ3n) is 2.89. The lowest BCUT2D eigenvalue weighted by Crippen LogP contribution is -2.35. The predicted octanol–water partition coefficient (Wildman–Crippen LogP) is 0.0243. The second kappa shape index (κ2) is 2.13. The maximum absolute atomic E-state index is 11.5. The molecule has 2 saturated heterocycles. The van der Waals surface area contributed by atoms with Crippen molar-refractivity contribution in [2.45, 2.75) is 30.3 Å². The van der Waals surface area contributed by atoms with Crippen LogP contribution in [0.5, 0.6) is 0 Å². The number of epoxide rings is 2. The normalized spacial score (nSPS) is 50.1. The number of rotatable bonds is 1. The summed E-state index contributed by atoms with van der Waals surface area (Å²) >= 11 is 0. The van der Waals surface area contributed by atoms with Crippen LogP contribution < -0.4 is 0 Å². The second-order valence-corrected chi connectivity index (χ2v) is 3.58. The number of carbonyl (C=O) groups excluding carboxylic acids is 1. The molecule has 4 nitrogen and oxygen atoms in total. The van der Waals surface area contributed by atoms with Crippen molar-refractivity contribution < 1.29 is 19.0 Å². The molecule has 13 heavy (non-hydrogen) atoms. The number of esters is 1. The Bertz CT molecular complexity index is 298. The standard InChI is InChI=1S/C9H10O4/c1-11-8(10)9-6(13-9)4-2-3-5-7(9)12-5/h2-3,5-7H,4H2,1H3/t5-,6+,7-,9+/m1/s1. The van der Waals surface area contributed by atoms with Crippen molar-refractivity contribution in [2.24, 2.45) is 0 Å². The van der Waals surface area contributed by atoms with E-state index in [4.69, 9.17) is 14.2 Å². The van der Waals surface area contributed by atoms with Gasteiger partial charge in [-0.05, 0) is 6.42 Å². The van der Waals surface area contributed by atoms with Crippen LogP contribution in [0.25, 0.3) is 0 Å².